The summed E-state index contributed by atoms with van der Waals surface area (Å²) in [6.45, 7) is 13.6. The van der Waals surface area contributed by atoms with E-state index in [0.717, 1.165) is 5.57 Å². The molecule has 12 heteroatoms. The molecule has 0 radical (unpaired) electrons. The van der Waals surface area contributed by atoms with Gasteiger partial charge in [-0.15, -0.1) is 6.58 Å². The fourth-order valence-corrected chi connectivity index (χ4v) is 9.59. The Morgan fingerprint density at radius 2 is 1.70 bits per heavy atom. The minimum Gasteiger partial charge on any atom is -0.456 e. The lowest BCUT2D eigenvalue weighted by Gasteiger charge is -2.48. The molecule has 14 atom stereocenters. The van der Waals surface area contributed by atoms with E-state index < -0.39 is 78.1 Å². The SMILES string of the molecule is C=CC[C@@H]1/C=C(\C)C[C@H](C)C[C@H](OC)[C@H]2O[C@@](O)(CC(=O)N3CCCCC3C(=O)O[C@H](/C(C)=C/C3CC[C@@H](O)[C@H](CO)C3)[C@H](C)[C@H](O)CC1=O)[C@H](C)C[C@@H]2OC. The molecule has 4 aliphatic rings. The lowest BCUT2D eigenvalue weighted by Crippen LogP contribution is -2.59. The second-order valence-corrected chi connectivity index (χ2v) is 17.5. The monoisotopic (exact) mass is 790 g/mol. The molecule has 1 aliphatic carbocycles. The van der Waals surface area contributed by atoms with E-state index in [1.807, 2.05) is 32.9 Å². The third-order valence-electron chi connectivity index (χ3n) is 13.1. The number of esters is 1. The first-order valence-electron chi connectivity index (χ1n) is 21.0. The number of hydrogen-bond acceptors (Lipinski definition) is 11. The zero-order chi connectivity index (χ0) is 41.3. The van der Waals surface area contributed by atoms with E-state index in [1.54, 1.807) is 27.2 Å². The largest absolute Gasteiger partial charge is 0.456 e. The highest BCUT2D eigenvalue weighted by molar-refractivity contribution is 5.85. The molecular weight excluding hydrogens is 718 g/mol. The zero-order valence-electron chi connectivity index (χ0n) is 34.9. The number of ether oxygens (including phenoxy) is 4. The predicted octanol–water partition coefficient (Wildman–Crippen LogP) is 5.05. The maximum absolute atomic E-state index is 14.3. The summed E-state index contributed by atoms with van der Waals surface area (Å²) in [7, 11) is 3.21. The number of ketones is 1. The number of fused-ring (bicyclic) bond motifs is 3. The van der Waals surface area contributed by atoms with Crippen molar-refractivity contribution >= 4 is 17.7 Å². The van der Waals surface area contributed by atoms with Crippen LogP contribution in [-0.2, 0) is 33.3 Å². The molecule has 4 N–H and O–H groups in total. The van der Waals surface area contributed by atoms with Crippen LogP contribution in [0.4, 0.5) is 0 Å². The quantitative estimate of drug-likeness (QED) is 0.201. The Bertz CT molecular complexity index is 1400. The first-order valence-corrected chi connectivity index (χ1v) is 21.0. The number of amides is 1. The van der Waals surface area contributed by atoms with Crippen molar-refractivity contribution in [3.8, 4) is 0 Å². The van der Waals surface area contributed by atoms with Crippen LogP contribution >= 0.6 is 0 Å². The number of aliphatic hydroxyl groups is 4. The van der Waals surface area contributed by atoms with Crippen molar-refractivity contribution < 1.29 is 53.8 Å². The Balaban J connectivity index is 1.74. The molecule has 56 heavy (non-hydrogen) atoms. The van der Waals surface area contributed by atoms with E-state index in [4.69, 9.17) is 18.9 Å². The molecule has 12 nitrogen and oxygen atoms in total. The van der Waals surface area contributed by atoms with Gasteiger partial charge in [-0.1, -0.05) is 44.6 Å². The van der Waals surface area contributed by atoms with Crippen LogP contribution in [0.5, 0.6) is 0 Å². The lowest BCUT2D eigenvalue weighted by atomic mass is 9.78. The minimum absolute atomic E-state index is 0.00284. The van der Waals surface area contributed by atoms with Crippen LogP contribution in [0.15, 0.2) is 36.0 Å². The molecule has 0 aromatic carbocycles. The predicted molar refractivity (Wildman–Crippen MR) is 212 cm³/mol. The first kappa shape index (κ1) is 46.2. The lowest BCUT2D eigenvalue weighted by molar-refractivity contribution is -0.321. The van der Waals surface area contributed by atoms with Crippen molar-refractivity contribution in [1.82, 2.24) is 4.90 Å². The van der Waals surface area contributed by atoms with E-state index >= 15 is 0 Å². The van der Waals surface area contributed by atoms with Crippen molar-refractivity contribution in [3.63, 3.8) is 0 Å². The zero-order valence-corrected chi connectivity index (χ0v) is 34.9. The number of nitrogens with zero attached hydrogens (tertiary/aromatic N) is 1. The van der Waals surface area contributed by atoms with Crippen molar-refractivity contribution in [2.45, 2.75) is 160 Å². The summed E-state index contributed by atoms with van der Waals surface area (Å²) in [5.41, 5.74) is 1.70. The van der Waals surface area contributed by atoms with Crippen molar-refractivity contribution in [2.24, 2.45) is 35.5 Å². The summed E-state index contributed by atoms with van der Waals surface area (Å²) < 4.78 is 24.7. The highest BCUT2D eigenvalue weighted by atomic mass is 16.7. The second kappa shape index (κ2) is 21.0. The normalized spacial score (nSPS) is 41.4. The number of cyclic esters (lactones) is 1. The molecule has 1 saturated carbocycles. The highest BCUT2D eigenvalue weighted by Crippen LogP contribution is 2.40. The molecule has 0 aromatic rings. The molecule has 3 aliphatic heterocycles. The molecular formula is C44H71NO11. The third-order valence-corrected chi connectivity index (χ3v) is 13.1. The third kappa shape index (κ3) is 11.6. The van der Waals surface area contributed by atoms with Gasteiger partial charge in [0, 0.05) is 57.5 Å². The van der Waals surface area contributed by atoms with Crippen LogP contribution in [0.25, 0.3) is 0 Å². The molecule has 3 heterocycles. The molecule has 1 amide bonds. The van der Waals surface area contributed by atoms with Gasteiger partial charge in [0.15, 0.2) is 5.79 Å². The van der Waals surface area contributed by atoms with Crippen molar-refractivity contribution in [2.75, 3.05) is 27.4 Å². The number of carbonyl (C=O) groups is 3. The summed E-state index contributed by atoms with van der Waals surface area (Å²) in [6, 6.07) is -0.919. The number of methoxy groups -OCH3 is 2. The van der Waals surface area contributed by atoms with E-state index in [1.165, 1.54) is 4.90 Å². The molecule has 0 spiro atoms. The van der Waals surface area contributed by atoms with Gasteiger partial charge in [-0.2, -0.15) is 0 Å². The van der Waals surface area contributed by atoms with Gasteiger partial charge in [-0.3, -0.25) is 9.59 Å². The van der Waals surface area contributed by atoms with Gasteiger partial charge in [0.2, 0.25) is 5.91 Å². The van der Waals surface area contributed by atoms with Crippen LogP contribution in [-0.4, -0.2) is 119 Å². The molecule has 318 valence electrons. The van der Waals surface area contributed by atoms with Gasteiger partial charge >= 0.3 is 5.97 Å². The summed E-state index contributed by atoms with van der Waals surface area (Å²) in [5, 5.41) is 44.1. The molecule has 3 fully saturated rings. The fraction of sp³-hybridized carbons (Fsp3) is 0.795. The van der Waals surface area contributed by atoms with Crippen LogP contribution < -0.4 is 0 Å². The van der Waals surface area contributed by atoms with Gasteiger partial charge in [-0.05, 0) is 95.5 Å². The Morgan fingerprint density at radius 1 is 1.00 bits per heavy atom. The van der Waals surface area contributed by atoms with Gasteiger partial charge in [0.25, 0.3) is 0 Å². The fourth-order valence-electron chi connectivity index (χ4n) is 9.59. The number of carbonyl (C=O) groups excluding carboxylic acids is 3. The Hall–Kier alpha value is -2.45. The Morgan fingerprint density at radius 3 is 2.36 bits per heavy atom. The van der Waals surface area contributed by atoms with Crippen LogP contribution in [0.2, 0.25) is 0 Å². The number of allylic oxidation sites excluding steroid dienone is 4. The van der Waals surface area contributed by atoms with Gasteiger partial charge < -0.3 is 44.3 Å². The Kier molecular flexibility index (Phi) is 17.3. The molecule has 0 aromatic heterocycles. The first-order chi connectivity index (χ1) is 26.5. The number of piperidine rings is 1. The Labute approximate surface area is 334 Å². The van der Waals surface area contributed by atoms with Crippen LogP contribution in [0.1, 0.15) is 112 Å². The summed E-state index contributed by atoms with van der Waals surface area (Å²) in [6.07, 6.45) is 6.55. The number of Topliss-reactive ketones (excluding diaryl/α,β-unsaturated/α-hetero) is 1. The standard InChI is InChI=1S/C44H71NO11/c1-9-12-32-18-26(2)17-27(3)19-38(53-7)42-39(54-8)21-29(5)44(52,56-42)24-40(50)45-16-11-10-13-34(45)43(51)55-41(30(6)36(48)23-37(32)49)28(4)20-31-14-15-35(47)33(22-31)25-46/h9,18,20,27,29-36,38-39,41-42,46-48,52H,1,10-17,19,21-25H2,2-8H3/b26-18+,28-20+/t27-,29+,30+,31?,32+,33-,34?,35+,36+,38-,39-,41+,42+,44-/m0/s1. The van der Waals surface area contributed by atoms with Gasteiger partial charge in [0.05, 0.1) is 30.8 Å². The minimum atomic E-state index is -1.84. The second-order valence-electron chi connectivity index (χ2n) is 17.5. The van der Waals surface area contributed by atoms with Crippen LogP contribution in [0, 0.1) is 35.5 Å². The summed E-state index contributed by atoms with van der Waals surface area (Å²) in [4.78, 5) is 43.9. The topological polar surface area (TPSA) is 172 Å². The van der Waals surface area contributed by atoms with Crippen molar-refractivity contribution in [1.29, 1.82) is 0 Å². The van der Waals surface area contributed by atoms with E-state index in [9.17, 15) is 34.8 Å². The number of aliphatic hydroxyl groups excluding tert-OH is 3. The summed E-state index contributed by atoms with van der Waals surface area (Å²) >= 11 is 0. The van der Waals surface area contributed by atoms with Gasteiger partial charge in [-0.25, -0.2) is 4.79 Å². The van der Waals surface area contributed by atoms with Crippen molar-refractivity contribution in [3.05, 3.63) is 36.0 Å². The van der Waals surface area contributed by atoms with E-state index in [2.05, 4.69) is 13.5 Å². The van der Waals surface area contributed by atoms with E-state index in [-0.39, 0.29) is 43.0 Å². The van der Waals surface area contributed by atoms with E-state index in [0.29, 0.717) is 76.3 Å². The average molecular weight is 790 g/mol. The van der Waals surface area contributed by atoms with Gasteiger partial charge in [0.1, 0.15) is 24.0 Å². The maximum atomic E-state index is 14.3. The maximum Gasteiger partial charge on any atom is 0.329 e. The summed E-state index contributed by atoms with van der Waals surface area (Å²) in [5.74, 6) is -4.85. The number of rotatable bonds is 7. The highest BCUT2D eigenvalue weighted by Gasteiger charge is 2.51. The molecule has 4 rings (SSSR count). The number of hydrogen-bond donors (Lipinski definition) is 4. The average Bonchev–Trinajstić information content (AvgIpc) is 3.16. The smallest absolute Gasteiger partial charge is 0.329 e. The molecule has 2 bridgehead atoms. The molecule has 2 saturated heterocycles. The molecule has 2 unspecified atom stereocenters. The van der Waals surface area contributed by atoms with Crippen LogP contribution in [0.3, 0.4) is 0 Å².